The number of aryl methyl sites for hydroxylation is 1. The number of para-hydroxylation sites is 1. The van der Waals surface area contributed by atoms with Gasteiger partial charge >= 0.3 is 0 Å². The number of halogens is 1. The van der Waals surface area contributed by atoms with E-state index in [1.807, 2.05) is 41.3 Å². The molecular formula is C28H37ClN2O3. The summed E-state index contributed by atoms with van der Waals surface area (Å²) in [5.74, 6) is 1.05. The molecule has 3 aliphatic heterocycles. The van der Waals surface area contributed by atoms with Gasteiger partial charge in [0.15, 0.2) is 0 Å². The van der Waals surface area contributed by atoms with Gasteiger partial charge in [-0.15, -0.1) is 0 Å². The number of carbonyl (C=O) groups is 1. The van der Waals surface area contributed by atoms with Crippen LogP contribution in [0.15, 0.2) is 48.5 Å². The van der Waals surface area contributed by atoms with Gasteiger partial charge in [0.05, 0.1) is 6.54 Å². The molecule has 0 radical (unpaired) electrons. The van der Waals surface area contributed by atoms with Crippen molar-refractivity contribution in [3.63, 3.8) is 0 Å². The number of rotatable bonds is 4. The van der Waals surface area contributed by atoms with Crippen molar-refractivity contribution in [1.29, 1.82) is 0 Å². The van der Waals surface area contributed by atoms with Gasteiger partial charge in [0.1, 0.15) is 12.4 Å². The zero-order valence-corrected chi connectivity index (χ0v) is 20.8. The number of piperidine rings is 1. The molecule has 3 aliphatic rings. The lowest BCUT2D eigenvalue weighted by atomic mass is 9.75. The fourth-order valence-corrected chi connectivity index (χ4v) is 5.45. The standard InChI is InChI=1S/C28H37ClN2O3/c29-25-9-3-1-7-23(25)11-12-27(33)31-16-6-5-13-28(22-32)14-17-30(18-15-28)21-24-8-2-4-10-26(24)34-20-19-31/h1-4,7-10,32H,5-6,11-22H2. The summed E-state index contributed by atoms with van der Waals surface area (Å²) in [6, 6.07) is 16.0. The van der Waals surface area contributed by atoms with E-state index in [-0.39, 0.29) is 17.9 Å². The van der Waals surface area contributed by atoms with Crippen LogP contribution in [0.5, 0.6) is 5.75 Å². The fourth-order valence-electron chi connectivity index (χ4n) is 5.22. The molecule has 0 aromatic heterocycles. The predicted molar refractivity (Wildman–Crippen MR) is 136 cm³/mol. The van der Waals surface area contributed by atoms with E-state index in [4.69, 9.17) is 16.3 Å². The fraction of sp³-hybridized carbons (Fsp3) is 0.536. The number of hydrogen-bond acceptors (Lipinski definition) is 4. The first-order valence-electron chi connectivity index (χ1n) is 12.6. The third-order valence-corrected chi connectivity index (χ3v) is 7.91. The van der Waals surface area contributed by atoms with Crippen LogP contribution in [-0.4, -0.2) is 60.2 Å². The second-order valence-electron chi connectivity index (χ2n) is 9.82. The molecule has 2 aromatic carbocycles. The summed E-state index contributed by atoms with van der Waals surface area (Å²) in [6.45, 7) is 4.89. The highest BCUT2D eigenvalue weighted by molar-refractivity contribution is 6.31. The van der Waals surface area contributed by atoms with Crippen LogP contribution in [0.2, 0.25) is 5.02 Å². The first kappa shape index (κ1) is 25.0. The Hall–Kier alpha value is -2.08. The van der Waals surface area contributed by atoms with Crippen LogP contribution in [0.25, 0.3) is 0 Å². The molecule has 0 saturated carbocycles. The molecule has 1 fully saturated rings. The topological polar surface area (TPSA) is 53.0 Å². The SMILES string of the molecule is O=C(CCc1ccccc1Cl)N1CCCCC2(CO)CCN(CC2)Cc2ccccc2OCC1. The van der Waals surface area contributed by atoms with Gasteiger partial charge in [0.25, 0.3) is 0 Å². The minimum absolute atomic E-state index is 0.0194. The van der Waals surface area contributed by atoms with E-state index in [2.05, 4.69) is 17.0 Å². The lowest BCUT2D eigenvalue weighted by Crippen LogP contribution is -2.41. The zero-order valence-electron chi connectivity index (χ0n) is 20.1. The van der Waals surface area contributed by atoms with Crippen LogP contribution in [0.3, 0.4) is 0 Å². The third-order valence-electron chi connectivity index (χ3n) is 7.54. The second kappa shape index (κ2) is 12.1. The molecule has 2 aromatic rings. The Kier molecular flexibility index (Phi) is 8.87. The molecule has 0 atom stereocenters. The summed E-state index contributed by atoms with van der Waals surface area (Å²) < 4.78 is 6.19. The smallest absolute Gasteiger partial charge is 0.223 e. The van der Waals surface area contributed by atoms with Gasteiger partial charge in [0.2, 0.25) is 5.91 Å². The molecule has 1 amide bonds. The highest BCUT2D eigenvalue weighted by Gasteiger charge is 2.33. The monoisotopic (exact) mass is 484 g/mol. The normalized spacial score (nSPS) is 23.9. The van der Waals surface area contributed by atoms with E-state index in [0.717, 1.165) is 69.6 Å². The van der Waals surface area contributed by atoms with Crippen LogP contribution in [0.1, 0.15) is 49.7 Å². The number of aliphatic hydroxyl groups excluding tert-OH is 1. The number of benzene rings is 2. The summed E-state index contributed by atoms with van der Waals surface area (Å²) in [5, 5.41) is 10.9. The molecule has 0 spiro atoms. The molecule has 34 heavy (non-hydrogen) atoms. The van der Waals surface area contributed by atoms with Crippen molar-refractivity contribution < 1.29 is 14.6 Å². The maximum Gasteiger partial charge on any atom is 0.223 e. The van der Waals surface area contributed by atoms with E-state index >= 15 is 0 Å². The van der Waals surface area contributed by atoms with Crippen molar-refractivity contribution in [3.8, 4) is 5.75 Å². The number of hydrogen-bond donors (Lipinski definition) is 1. The van der Waals surface area contributed by atoms with Gasteiger partial charge in [-0.2, -0.15) is 0 Å². The number of fused-ring (bicyclic) bond motifs is 9. The average Bonchev–Trinajstić information content (AvgIpc) is 2.87. The van der Waals surface area contributed by atoms with E-state index in [9.17, 15) is 9.90 Å². The summed E-state index contributed by atoms with van der Waals surface area (Å²) in [4.78, 5) is 17.6. The van der Waals surface area contributed by atoms with Gasteiger partial charge in [-0.3, -0.25) is 9.69 Å². The van der Waals surface area contributed by atoms with Crippen molar-refractivity contribution in [1.82, 2.24) is 9.80 Å². The van der Waals surface area contributed by atoms with Gasteiger partial charge in [-0.1, -0.05) is 54.4 Å². The predicted octanol–water partition coefficient (Wildman–Crippen LogP) is 4.94. The summed E-state index contributed by atoms with van der Waals surface area (Å²) in [7, 11) is 0. The summed E-state index contributed by atoms with van der Waals surface area (Å²) >= 11 is 6.29. The molecule has 0 aliphatic carbocycles. The Balaban J connectivity index is 1.45. The van der Waals surface area contributed by atoms with E-state index in [1.165, 1.54) is 5.56 Å². The summed E-state index contributed by atoms with van der Waals surface area (Å²) in [5.41, 5.74) is 2.22. The molecule has 5 rings (SSSR count). The quantitative estimate of drug-likeness (QED) is 0.668. The number of ether oxygens (including phenoxy) is 1. The number of aliphatic hydroxyl groups is 1. The van der Waals surface area contributed by atoms with Crippen molar-refractivity contribution >= 4 is 17.5 Å². The highest BCUT2D eigenvalue weighted by Crippen LogP contribution is 2.37. The molecule has 2 bridgehead atoms. The molecular weight excluding hydrogens is 448 g/mol. The van der Waals surface area contributed by atoms with E-state index in [0.29, 0.717) is 31.0 Å². The molecule has 0 unspecified atom stereocenters. The molecule has 6 heteroatoms. The summed E-state index contributed by atoms with van der Waals surface area (Å²) in [6.07, 6.45) is 6.11. The lowest BCUT2D eigenvalue weighted by molar-refractivity contribution is -0.131. The Morgan fingerprint density at radius 1 is 0.971 bits per heavy atom. The molecule has 1 N–H and O–H groups in total. The Labute approximate surface area is 208 Å². The maximum absolute atomic E-state index is 13.2. The van der Waals surface area contributed by atoms with Crippen LogP contribution in [0.4, 0.5) is 0 Å². The van der Waals surface area contributed by atoms with Gasteiger partial charge in [0, 0.05) is 36.7 Å². The van der Waals surface area contributed by atoms with Crippen molar-refractivity contribution in [2.75, 3.05) is 39.4 Å². The van der Waals surface area contributed by atoms with Crippen LogP contribution >= 0.6 is 11.6 Å². The molecule has 3 heterocycles. The third kappa shape index (κ3) is 6.53. The Bertz CT molecular complexity index is 943. The number of carbonyl (C=O) groups excluding carboxylic acids is 1. The van der Waals surface area contributed by atoms with E-state index in [1.54, 1.807) is 0 Å². The number of nitrogens with zero attached hydrogens (tertiary/aromatic N) is 2. The Morgan fingerprint density at radius 2 is 1.74 bits per heavy atom. The lowest BCUT2D eigenvalue weighted by Gasteiger charge is -2.41. The Morgan fingerprint density at radius 3 is 2.53 bits per heavy atom. The second-order valence-corrected chi connectivity index (χ2v) is 10.2. The first-order chi connectivity index (χ1) is 16.6. The van der Waals surface area contributed by atoms with Crippen LogP contribution < -0.4 is 4.74 Å². The first-order valence-corrected chi connectivity index (χ1v) is 13.0. The van der Waals surface area contributed by atoms with Crippen molar-refractivity contribution in [2.24, 2.45) is 5.41 Å². The minimum Gasteiger partial charge on any atom is -0.491 e. The average molecular weight is 485 g/mol. The molecule has 5 nitrogen and oxygen atoms in total. The van der Waals surface area contributed by atoms with E-state index < -0.39 is 0 Å². The van der Waals surface area contributed by atoms with Crippen molar-refractivity contribution in [2.45, 2.75) is 51.5 Å². The minimum atomic E-state index is 0.0194. The zero-order chi connectivity index (χ0) is 23.8. The number of amides is 1. The highest BCUT2D eigenvalue weighted by atomic mass is 35.5. The van der Waals surface area contributed by atoms with Gasteiger partial charge in [-0.25, -0.2) is 0 Å². The maximum atomic E-state index is 13.2. The van der Waals surface area contributed by atoms with Gasteiger partial charge < -0.3 is 14.7 Å². The van der Waals surface area contributed by atoms with Crippen molar-refractivity contribution in [3.05, 3.63) is 64.7 Å². The van der Waals surface area contributed by atoms with Crippen LogP contribution in [0, 0.1) is 5.41 Å². The van der Waals surface area contributed by atoms with Crippen LogP contribution in [-0.2, 0) is 17.8 Å². The molecule has 1 saturated heterocycles. The van der Waals surface area contributed by atoms with Gasteiger partial charge in [-0.05, 0) is 68.3 Å². The largest absolute Gasteiger partial charge is 0.491 e. The molecule has 184 valence electrons.